The van der Waals surface area contributed by atoms with Crippen molar-refractivity contribution in [3.05, 3.63) is 54.1 Å². The second-order valence-electron chi connectivity index (χ2n) is 6.06. The fourth-order valence-electron chi connectivity index (χ4n) is 2.58. The fourth-order valence-corrected chi connectivity index (χ4v) is 2.58. The molecule has 8 nitrogen and oxygen atoms in total. The van der Waals surface area contributed by atoms with E-state index < -0.39 is 0 Å². The summed E-state index contributed by atoms with van der Waals surface area (Å²) in [4.78, 5) is 13.3. The van der Waals surface area contributed by atoms with Crippen LogP contribution >= 0.6 is 0 Å². The second kappa shape index (κ2) is 9.50. The van der Waals surface area contributed by atoms with Gasteiger partial charge in [0.05, 0.1) is 13.2 Å². The zero-order chi connectivity index (χ0) is 19.8. The number of hydrogen-bond acceptors (Lipinski definition) is 6. The maximum atomic E-state index is 12.0. The summed E-state index contributed by atoms with van der Waals surface area (Å²) in [6.07, 6.45) is 0. The van der Waals surface area contributed by atoms with Crippen molar-refractivity contribution in [2.24, 2.45) is 0 Å². The van der Waals surface area contributed by atoms with Gasteiger partial charge in [-0.25, -0.2) is 0 Å². The molecule has 0 spiro atoms. The van der Waals surface area contributed by atoms with Crippen LogP contribution in [0.25, 0.3) is 11.4 Å². The average molecular weight is 381 g/mol. The maximum Gasteiger partial charge on any atom is 0.243 e. The van der Waals surface area contributed by atoms with Gasteiger partial charge in [-0.3, -0.25) is 4.79 Å². The SMILES string of the molecule is CCOc1ccc(OCCNC(=O)Cn2nnc(-c3ccccc3C)n2)cc1. The molecule has 0 atom stereocenters. The Morgan fingerprint density at radius 3 is 2.50 bits per heavy atom. The summed E-state index contributed by atoms with van der Waals surface area (Å²) in [6, 6.07) is 15.1. The fraction of sp³-hybridized carbons (Fsp3) is 0.300. The minimum absolute atomic E-state index is 0.00192. The van der Waals surface area contributed by atoms with Crippen molar-refractivity contribution in [3.8, 4) is 22.9 Å². The molecule has 0 unspecified atom stereocenters. The summed E-state index contributed by atoms with van der Waals surface area (Å²) in [7, 11) is 0. The van der Waals surface area contributed by atoms with E-state index in [0.717, 1.165) is 22.6 Å². The quantitative estimate of drug-likeness (QED) is 0.572. The van der Waals surface area contributed by atoms with Gasteiger partial charge in [0.15, 0.2) is 0 Å². The zero-order valence-electron chi connectivity index (χ0n) is 16.0. The lowest BCUT2D eigenvalue weighted by Gasteiger charge is -2.08. The Bertz CT molecular complexity index is 908. The van der Waals surface area contributed by atoms with Crippen molar-refractivity contribution in [1.82, 2.24) is 25.5 Å². The molecule has 1 N–H and O–H groups in total. The zero-order valence-corrected chi connectivity index (χ0v) is 16.0. The Kier molecular flexibility index (Phi) is 6.56. The normalized spacial score (nSPS) is 10.5. The van der Waals surface area contributed by atoms with Gasteiger partial charge in [-0.05, 0) is 48.9 Å². The van der Waals surface area contributed by atoms with Crippen molar-refractivity contribution < 1.29 is 14.3 Å². The molecule has 8 heteroatoms. The van der Waals surface area contributed by atoms with Gasteiger partial charge in [0.2, 0.25) is 11.7 Å². The van der Waals surface area contributed by atoms with Crippen molar-refractivity contribution in [3.63, 3.8) is 0 Å². The lowest BCUT2D eigenvalue weighted by atomic mass is 10.1. The van der Waals surface area contributed by atoms with E-state index >= 15 is 0 Å². The van der Waals surface area contributed by atoms with E-state index in [1.54, 1.807) is 0 Å². The molecule has 0 aliphatic carbocycles. The molecule has 0 aliphatic heterocycles. The molecule has 0 aliphatic rings. The molecular weight excluding hydrogens is 358 g/mol. The van der Waals surface area contributed by atoms with Crippen LogP contribution < -0.4 is 14.8 Å². The molecule has 1 heterocycles. The maximum absolute atomic E-state index is 12.0. The van der Waals surface area contributed by atoms with Gasteiger partial charge >= 0.3 is 0 Å². The number of benzene rings is 2. The van der Waals surface area contributed by atoms with E-state index in [0.29, 0.717) is 25.6 Å². The molecule has 0 bridgehead atoms. The van der Waals surface area contributed by atoms with Crippen molar-refractivity contribution in [2.75, 3.05) is 19.8 Å². The van der Waals surface area contributed by atoms with E-state index in [-0.39, 0.29) is 12.5 Å². The Morgan fingerprint density at radius 2 is 1.79 bits per heavy atom. The summed E-state index contributed by atoms with van der Waals surface area (Å²) in [5, 5.41) is 15.0. The third-order valence-corrected chi connectivity index (χ3v) is 3.95. The predicted octanol–water partition coefficient (Wildman–Crippen LogP) is 2.24. The van der Waals surface area contributed by atoms with Crippen molar-refractivity contribution >= 4 is 5.91 Å². The van der Waals surface area contributed by atoms with Crippen LogP contribution in [0.2, 0.25) is 0 Å². The molecule has 0 radical (unpaired) electrons. The molecule has 146 valence electrons. The third-order valence-electron chi connectivity index (χ3n) is 3.95. The first-order chi connectivity index (χ1) is 13.7. The lowest BCUT2D eigenvalue weighted by Crippen LogP contribution is -2.31. The summed E-state index contributed by atoms with van der Waals surface area (Å²) >= 11 is 0. The van der Waals surface area contributed by atoms with E-state index in [2.05, 4.69) is 20.7 Å². The molecule has 0 fully saturated rings. The molecule has 3 rings (SSSR count). The van der Waals surface area contributed by atoms with Gasteiger partial charge < -0.3 is 14.8 Å². The molecule has 2 aromatic carbocycles. The van der Waals surface area contributed by atoms with E-state index in [4.69, 9.17) is 9.47 Å². The number of nitrogens with one attached hydrogen (secondary N) is 1. The second-order valence-corrected chi connectivity index (χ2v) is 6.06. The number of nitrogens with zero attached hydrogens (tertiary/aromatic N) is 4. The predicted molar refractivity (Wildman–Crippen MR) is 104 cm³/mol. The van der Waals surface area contributed by atoms with Gasteiger partial charge in [-0.1, -0.05) is 24.3 Å². The third kappa shape index (κ3) is 5.29. The molecule has 1 amide bonds. The highest BCUT2D eigenvalue weighted by atomic mass is 16.5. The van der Waals surface area contributed by atoms with Crippen LogP contribution in [0.1, 0.15) is 12.5 Å². The summed E-state index contributed by atoms with van der Waals surface area (Å²) in [5.41, 5.74) is 1.95. The van der Waals surface area contributed by atoms with E-state index in [9.17, 15) is 4.79 Å². The Balaban J connectivity index is 1.42. The minimum atomic E-state index is -0.205. The minimum Gasteiger partial charge on any atom is -0.494 e. The van der Waals surface area contributed by atoms with Crippen LogP contribution in [-0.2, 0) is 11.3 Å². The van der Waals surface area contributed by atoms with E-state index in [1.165, 1.54) is 4.80 Å². The average Bonchev–Trinajstić information content (AvgIpc) is 3.15. The highest BCUT2D eigenvalue weighted by Gasteiger charge is 2.10. The number of hydrogen-bond donors (Lipinski definition) is 1. The number of carbonyl (C=O) groups is 1. The van der Waals surface area contributed by atoms with Crippen molar-refractivity contribution in [2.45, 2.75) is 20.4 Å². The number of carbonyl (C=O) groups excluding carboxylic acids is 1. The number of aryl methyl sites for hydroxylation is 1. The van der Waals surface area contributed by atoms with Gasteiger partial charge in [0.1, 0.15) is 24.7 Å². The Hall–Kier alpha value is -3.42. The highest BCUT2D eigenvalue weighted by Crippen LogP contribution is 2.18. The number of rotatable bonds is 9. The topological polar surface area (TPSA) is 91.2 Å². The molecule has 28 heavy (non-hydrogen) atoms. The molecular formula is C20H23N5O3. The van der Waals surface area contributed by atoms with Gasteiger partial charge in [0, 0.05) is 5.56 Å². The monoisotopic (exact) mass is 381 g/mol. The number of ether oxygens (including phenoxy) is 2. The molecule has 3 aromatic rings. The van der Waals surface area contributed by atoms with Crippen LogP contribution in [0.3, 0.4) is 0 Å². The number of tetrazole rings is 1. The van der Waals surface area contributed by atoms with Gasteiger partial charge in [0.25, 0.3) is 0 Å². The smallest absolute Gasteiger partial charge is 0.243 e. The van der Waals surface area contributed by atoms with Gasteiger partial charge in [-0.15, -0.1) is 10.2 Å². The van der Waals surface area contributed by atoms with Crippen LogP contribution in [0.5, 0.6) is 11.5 Å². The first-order valence-corrected chi connectivity index (χ1v) is 9.12. The largest absolute Gasteiger partial charge is 0.494 e. The first-order valence-electron chi connectivity index (χ1n) is 9.12. The Labute approximate surface area is 163 Å². The summed E-state index contributed by atoms with van der Waals surface area (Å²) < 4.78 is 11.0. The van der Waals surface area contributed by atoms with Gasteiger partial charge in [-0.2, -0.15) is 4.80 Å². The summed E-state index contributed by atoms with van der Waals surface area (Å²) in [6.45, 7) is 5.28. The molecule has 0 saturated heterocycles. The first kappa shape index (κ1) is 19.3. The van der Waals surface area contributed by atoms with Crippen LogP contribution in [-0.4, -0.2) is 45.9 Å². The van der Waals surface area contributed by atoms with Crippen LogP contribution in [0.15, 0.2) is 48.5 Å². The van der Waals surface area contributed by atoms with Crippen molar-refractivity contribution in [1.29, 1.82) is 0 Å². The van der Waals surface area contributed by atoms with Crippen LogP contribution in [0, 0.1) is 6.92 Å². The number of aromatic nitrogens is 4. The Morgan fingerprint density at radius 1 is 1.07 bits per heavy atom. The molecule has 0 saturated carbocycles. The summed E-state index contributed by atoms with van der Waals surface area (Å²) in [5.74, 6) is 1.82. The molecule has 1 aromatic heterocycles. The lowest BCUT2D eigenvalue weighted by molar-refractivity contribution is -0.122. The number of amides is 1. The van der Waals surface area contributed by atoms with E-state index in [1.807, 2.05) is 62.4 Å². The standard InChI is InChI=1S/C20H23N5O3/c1-3-27-16-8-10-17(11-9-16)28-13-12-21-19(26)14-25-23-20(22-24-25)18-7-5-4-6-15(18)2/h4-11H,3,12-14H2,1-2H3,(H,21,26). The van der Waals surface area contributed by atoms with Crippen LogP contribution in [0.4, 0.5) is 0 Å². The highest BCUT2D eigenvalue weighted by molar-refractivity contribution is 5.75.